The molecule has 1 aromatic heterocycles. The Balaban J connectivity index is 1.71. The van der Waals surface area contributed by atoms with E-state index in [1.807, 2.05) is 61.5 Å². The number of hydrogen-bond donors (Lipinski definition) is 1. The molecule has 0 spiro atoms. The summed E-state index contributed by atoms with van der Waals surface area (Å²) in [4.78, 5) is 0. The lowest BCUT2D eigenvalue weighted by Gasteiger charge is -2.18. The van der Waals surface area contributed by atoms with Crippen molar-refractivity contribution in [2.75, 3.05) is 0 Å². The number of rotatable bonds is 5. The highest BCUT2D eigenvalue weighted by Crippen LogP contribution is 2.23. The van der Waals surface area contributed by atoms with Gasteiger partial charge in [-0.15, -0.1) is 10.2 Å². The summed E-state index contributed by atoms with van der Waals surface area (Å²) >= 11 is 6.04. The second-order valence-electron chi connectivity index (χ2n) is 5.48. The maximum Gasteiger partial charge on any atom is 0.247 e. The fraction of sp³-hybridized carbons (Fsp3) is 0.222. The fourth-order valence-electron chi connectivity index (χ4n) is 2.43. The van der Waals surface area contributed by atoms with Crippen LogP contribution < -0.4 is 5.32 Å². The summed E-state index contributed by atoms with van der Waals surface area (Å²) in [6.45, 7) is 4.08. The Bertz CT molecular complexity index is 773. The van der Waals surface area contributed by atoms with Crippen LogP contribution in [0.25, 0.3) is 11.5 Å². The van der Waals surface area contributed by atoms with Gasteiger partial charge in [-0.3, -0.25) is 5.32 Å². The minimum atomic E-state index is -0.0612. The lowest BCUT2D eigenvalue weighted by atomic mass is 10.1. The van der Waals surface area contributed by atoms with E-state index in [9.17, 15) is 0 Å². The molecule has 2 unspecified atom stereocenters. The average Bonchev–Trinajstić information content (AvgIpc) is 3.06. The highest BCUT2D eigenvalue weighted by Gasteiger charge is 2.17. The summed E-state index contributed by atoms with van der Waals surface area (Å²) in [7, 11) is 0. The topological polar surface area (TPSA) is 51.0 Å². The van der Waals surface area contributed by atoms with Gasteiger partial charge in [-0.05, 0) is 43.7 Å². The second kappa shape index (κ2) is 6.94. The minimum Gasteiger partial charge on any atom is -0.419 e. The van der Waals surface area contributed by atoms with Gasteiger partial charge in [0.25, 0.3) is 0 Å². The molecule has 0 saturated carbocycles. The SMILES string of the molecule is CC(NC(C)c1nnc(-c2ccccc2)o1)c1cccc(Cl)c1. The zero-order valence-electron chi connectivity index (χ0n) is 13.0. The molecule has 1 heterocycles. The van der Waals surface area contributed by atoms with Crippen LogP contribution in [0.1, 0.15) is 37.4 Å². The first-order chi connectivity index (χ1) is 11.1. The molecule has 0 bridgehead atoms. The third-order valence-corrected chi connectivity index (χ3v) is 3.92. The van der Waals surface area contributed by atoms with E-state index in [1.165, 1.54) is 0 Å². The van der Waals surface area contributed by atoms with Gasteiger partial charge in [0.15, 0.2) is 0 Å². The monoisotopic (exact) mass is 327 g/mol. The molecule has 0 radical (unpaired) electrons. The van der Waals surface area contributed by atoms with Gasteiger partial charge in [0.1, 0.15) is 0 Å². The summed E-state index contributed by atoms with van der Waals surface area (Å²) < 4.78 is 5.78. The minimum absolute atomic E-state index is 0.0612. The number of aromatic nitrogens is 2. The third-order valence-electron chi connectivity index (χ3n) is 3.68. The molecule has 0 fully saturated rings. The first-order valence-electron chi connectivity index (χ1n) is 7.54. The number of nitrogens with zero attached hydrogens (tertiary/aromatic N) is 2. The van der Waals surface area contributed by atoms with E-state index >= 15 is 0 Å². The van der Waals surface area contributed by atoms with Crippen LogP contribution >= 0.6 is 11.6 Å². The van der Waals surface area contributed by atoms with Crippen molar-refractivity contribution in [3.63, 3.8) is 0 Å². The molecule has 4 nitrogen and oxygen atoms in total. The number of hydrogen-bond acceptors (Lipinski definition) is 4. The molecule has 0 aliphatic carbocycles. The summed E-state index contributed by atoms with van der Waals surface area (Å²) in [6.07, 6.45) is 0. The van der Waals surface area contributed by atoms with Crippen LogP contribution in [-0.4, -0.2) is 10.2 Å². The average molecular weight is 328 g/mol. The molecule has 0 aliphatic heterocycles. The molecular formula is C18H18ClN3O. The van der Waals surface area contributed by atoms with Crippen LogP contribution in [0.4, 0.5) is 0 Å². The Morgan fingerprint density at radius 1 is 0.957 bits per heavy atom. The second-order valence-corrected chi connectivity index (χ2v) is 5.91. The first-order valence-corrected chi connectivity index (χ1v) is 7.91. The maximum absolute atomic E-state index is 6.04. The van der Waals surface area contributed by atoms with Crippen LogP contribution in [0.15, 0.2) is 59.0 Å². The van der Waals surface area contributed by atoms with Gasteiger partial charge in [0.2, 0.25) is 11.8 Å². The number of nitrogens with one attached hydrogen (secondary N) is 1. The van der Waals surface area contributed by atoms with Gasteiger partial charge in [-0.25, -0.2) is 0 Å². The molecule has 1 N–H and O–H groups in total. The van der Waals surface area contributed by atoms with Crippen LogP contribution in [-0.2, 0) is 0 Å². The van der Waals surface area contributed by atoms with Gasteiger partial charge in [-0.1, -0.05) is 41.9 Å². The standard InChI is InChI=1S/C18H18ClN3O/c1-12(15-9-6-10-16(19)11-15)20-13(2)17-21-22-18(23-17)14-7-4-3-5-8-14/h3-13,20H,1-2H3. The van der Waals surface area contributed by atoms with Crippen molar-refractivity contribution in [2.24, 2.45) is 0 Å². The van der Waals surface area contributed by atoms with E-state index < -0.39 is 0 Å². The molecule has 3 aromatic rings. The third kappa shape index (κ3) is 3.78. The lowest BCUT2D eigenvalue weighted by Crippen LogP contribution is -2.22. The van der Waals surface area contributed by atoms with Gasteiger partial charge < -0.3 is 4.42 Å². The Kier molecular flexibility index (Phi) is 4.74. The van der Waals surface area contributed by atoms with E-state index in [4.69, 9.17) is 16.0 Å². The molecule has 0 saturated heterocycles. The normalized spacial score (nSPS) is 13.7. The Morgan fingerprint density at radius 2 is 1.74 bits per heavy atom. The van der Waals surface area contributed by atoms with Crippen molar-refractivity contribution in [2.45, 2.75) is 25.9 Å². The van der Waals surface area contributed by atoms with Gasteiger partial charge >= 0.3 is 0 Å². The quantitative estimate of drug-likeness (QED) is 0.731. The van der Waals surface area contributed by atoms with Crippen molar-refractivity contribution in [3.05, 3.63) is 71.1 Å². The van der Waals surface area contributed by atoms with E-state index in [-0.39, 0.29) is 12.1 Å². The molecule has 5 heteroatoms. The molecule has 2 atom stereocenters. The zero-order valence-corrected chi connectivity index (χ0v) is 13.8. The van der Waals surface area contributed by atoms with E-state index in [2.05, 4.69) is 22.4 Å². The molecule has 0 aliphatic rings. The van der Waals surface area contributed by atoms with Crippen molar-refractivity contribution < 1.29 is 4.42 Å². The molecule has 118 valence electrons. The number of benzene rings is 2. The zero-order chi connectivity index (χ0) is 16.2. The van der Waals surface area contributed by atoms with E-state index in [1.54, 1.807) is 0 Å². The Morgan fingerprint density at radius 3 is 2.48 bits per heavy atom. The maximum atomic E-state index is 6.04. The first kappa shape index (κ1) is 15.7. The predicted octanol–water partition coefficient (Wildman–Crippen LogP) is 4.80. The highest BCUT2D eigenvalue weighted by molar-refractivity contribution is 6.30. The van der Waals surface area contributed by atoms with Crippen molar-refractivity contribution >= 4 is 11.6 Å². The summed E-state index contributed by atoms with van der Waals surface area (Å²) in [5, 5.41) is 12.5. The summed E-state index contributed by atoms with van der Waals surface area (Å²) in [5.74, 6) is 1.10. The molecule has 3 rings (SSSR count). The fourth-order valence-corrected chi connectivity index (χ4v) is 2.62. The Hall–Kier alpha value is -2.17. The van der Waals surface area contributed by atoms with Gasteiger partial charge in [0.05, 0.1) is 6.04 Å². The lowest BCUT2D eigenvalue weighted by molar-refractivity contribution is 0.395. The molecule has 23 heavy (non-hydrogen) atoms. The van der Waals surface area contributed by atoms with Crippen LogP contribution in [0, 0.1) is 0 Å². The predicted molar refractivity (Wildman–Crippen MR) is 91.2 cm³/mol. The Labute approximate surface area is 140 Å². The molecule has 2 aromatic carbocycles. The van der Waals surface area contributed by atoms with Crippen molar-refractivity contribution in [1.82, 2.24) is 15.5 Å². The summed E-state index contributed by atoms with van der Waals surface area (Å²) in [5.41, 5.74) is 2.04. The van der Waals surface area contributed by atoms with Crippen LogP contribution in [0.3, 0.4) is 0 Å². The van der Waals surface area contributed by atoms with Crippen LogP contribution in [0.2, 0.25) is 5.02 Å². The van der Waals surface area contributed by atoms with E-state index in [0.29, 0.717) is 11.8 Å². The largest absolute Gasteiger partial charge is 0.419 e. The van der Waals surface area contributed by atoms with Crippen molar-refractivity contribution in [3.8, 4) is 11.5 Å². The molecule has 0 amide bonds. The van der Waals surface area contributed by atoms with Crippen LogP contribution in [0.5, 0.6) is 0 Å². The van der Waals surface area contributed by atoms with E-state index in [0.717, 1.165) is 16.1 Å². The highest BCUT2D eigenvalue weighted by atomic mass is 35.5. The number of halogens is 1. The van der Waals surface area contributed by atoms with Gasteiger partial charge in [0, 0.05) is 16.6 Å². The van der Waals surface area contributed by atoms with Crippen molar-refractivity contribution in [1.29, 1.82) is 0 Å². The summed E-state index contributed by atoms with van der Waals surface area (Å²) in [6, 6.07) is 17.6. The molecular weight excluding hydrogens is 310 g/mol. The smallest absolute Gasteiger partial charge is 0.247 e. The van der Waals surface area contributed by atoms with Gasteiger partial charge in [-0.2, -0.15) is 0 Å².